The molecule has 1 unspecified atom stereocenters. The van der Waals surface area contributed by atoms with Crippen LogP contribution in [0, 0.1) is 6.92 Å². The molecule has 0 spiro atoms. The van der Waals surface area contributed by atoms with Gasteiger partial charge in [0.25, 0.3) is 5.56 Å². The summed E-state index contributed by atoms with van der Waals surface area (Å²) in [7, 11) is 0. The molecule has 0 bridgehead atoms. The largest absolute Gasteiger partial charge is 0.486 e. The zero-order chi connectivity index (χ0) is 21.1. The van der Waals surface area contributed by atoms with Crippen LogP contribution in [0.1, 0.15) is 11.8 Å². The van der Waals surface area contributed by atoms with Crippen molar-refractivity contribution in [2.75, 3.05) is 19.7 Å². The van der Waals surface area contributed by atoms with Crippen LogP contribution < -0.4 is 15.0 Å². The summed E-state index contributed by atoms with van der Waals surface area (Å²) in [6.07, 6.45) is -0.270. The minimum absolute atomic E-state index is 0.116. The smallest absolute Gasteiger partial charge is 0.267 e. The molecular formula is C22H23N3O4S. The Kier molecular flexibility index (Phi) is 5.85. The molecule has 8 heteroatoms. The van der Waals surface area contributed by atoms with E-state index < -0.39 is 0 Å². The second-order valence-electron chi connectivity index (χ2n) is 7.05. The average molecular weight is 426 g/mol. The number of fused-ring (bicyclic) bond motifs is 1. The van der Waals surface area contributed by atoms with Gasteiger partial charge in [0.05, 0.1) is 11.4 Å². The Morgan fingerprint density at radius 2 is 2.00 bits per heavy atom. The molecular weight excluding hydrogens is 402 g/mol. The molecule has 156 valence electrons. The molecule has 4 rings (SSSR count). The van der Waals surface area contributed by atoms with Gasteiger partial charge in [-0.25, -0.2) is 4.68 Å². The first-order valence-corrected chi connectivity index (χ1v) is 10.7. The van der Waals surface area contributed by atoms with Crippen molar-refractivity contribution in [1.82, 2.24) is 14.7 Å². The molecule has 3 aromatic rings. The van der Waals surface area contributed by atoms with Gasteiger partial charge in [-0.2, -0.15) is 5.10 Å². The average Bonchev–Trinajstić information content (AvgIpc) is 3.19. The molecule has 0 radical (unpaired) electrons. The van der Waals surface area contributed by atoms with Gasteiger partial charge in [0.1, 0.15) is 18.8 Å². The van der Waals surface area contributed by atoms with Crippen LogP contribution in [-0.4, -0.2) is 46.4 Å². The molecule has 2 aromatic heterocycles. The highest BCUT2D eigenvalue weighted by atomic mass is 32.1. The molecule has 1 amide bonds. The van der Waals surface area contributed by atoms with Gasteiger partial charge in [0.15, 0.2) is 17.6 Å². The molecule has 1 aliphatic rings. The van der Waals surface area contributed by atoms with Gasteiger partial charge in [0, 0.05) is 17.5 Å². The number of carbonyl (C=O) groups excluding carboxylic acids is 1. The Hall–Kier alpha value is -3.13. The first kappa shape index (κ1) is 20.2. The number of likely N-dealkylation sites (N-methyl/N-ethyl adjacent to an activating group) is 1. The van der Waals surface area contributed by atoms with Crippen molar-refractivity contribution in [2.45, 2.75) is 26.5 Å². The van der Waals surface area contributed by atoms with Crippen molar-refractivity contribution in [1.29, 1.82) is 0 Å². The number of thiophene rings is 1. The highest BCUT2D eigenvalue weighted by Crippen LogP contribution is 2.31. The molecule has 30 heavy (non-hydrogen) atoms. The van der Waals surface area contributed by atoms with Crippen LogP contribution in [0.25, 0.3) is 10.6 Å². The summed E-state index contributed by atoms with van der Waals surface area (Å²) < 4.78 is 12.9. The normalized spacial score (nSPS) is 15.1. The molecule has 7 nitrogen and oxygen atoms in total. The van der Waals surface area contributed by atoms with E-state index in [1.165, 1.54) is 10.7 Å². The van der Waals surface area contributed by atoms with Gasteiger partial charge >= 0.3 is 0 Å². The predicted molar refractivity (Wildman–Crippen MR) is 115 cm³/mol. The van der Waals surface area contributed by atoms with E-state index >= 15 is 0 Å². The Morgan fingerprint density at radius 1 is 1.20 bits per heavy atom. The summed E-state index contributed by atoms with van der Waals surface area (Å²) in [6.45, 7) is 5.04. The lowest BCUT2D eigenvalue weighted by molar-refractivity contribution is -0.133. The van der Waals surface area contributed by atoms with Crippen molar-refractivity contribution in [3.8, 4) is 22.1 Å². The number of hydrogen-bond acceptors (Lipinski definition) is 6. The summed E-state index contributed by atoms with van der Waals surface area (Å²) in [5, 5.41) is 4.40. The monoisotopic (exact) mass is 425 g/mol. The number of aryl methyl sites for hydroxylation is 1. The summed E-state index contributed by atoms with van der Waals surface area (Å²) in [6, 6.07) is 14.6. The lowest BCUT2D eigenvalue weighted by atomic mass is 10.2. The predicted octanol–water partition coefficient (Wildman–Crippen LogP) is 2.97. The minimum Gasteiger partial charge on any atom is -0.486 e. The van der Waals surface area contributed by atoms with Crippen LogP contribution in [-0.2, 0) is 11.3 Å². The number of rotatable bonds is 6. The van der Waals surface area contributed by atoms with E-state index in [2.05, 4.69) is 5.10 Å². The maximum Gasteiger partial charge on any atom is 0.267 e. The summed E-state index contributed by atoms with van der Waals surface area (Å²) in [5.41, 5.74) is 0.381. The molecule has 0 aliphatic carbocycles. The Bertz CT molecular complexity index is 1110. The van der Waals surface area contributed by atoms with Crippen LogP contribution >= 0.6 is 11.3 Å². The minimum atomic E-state index is -0.303. The number of benzene rings is 1. The van der Waals surface area contributed by atoms with E-state index in [0.717, 1.165) is 9.75 Å². The van der Waals surface area contributed by atoms with Crippen molar-refractivity contribution >= 4 is 17.2 Å². The van der Waals surface area contributed by atoms with Crippen molar-refractivity contribution in [2.24, 2.45) is 0 Å². The standard InChI is InChI=1S/C22H23N3O4S/c1-3-24(12-16-14-28-18-6-4-5-7-19(18)29-16)22(27)13-25-21(26)11-9-17(23-25)20-10-8-15(2)30-20/h4-11,16H,3,12-14H2,1-2H3. The third-order valence-corrected chi connectivity index (χ3v) is 5.89. The lowest BCUT2D eigenvalue weighted by Gasteiger charge is -2.31. The first-order chi connectivity index (χ1) is 14.5. The fraction of sp³-hybridized carbons (Fsp3) is 0.318. The fourth-order valence-corrected chi connectivity index (χ4v) is 4.13. The lowest BCUT2D eigenvalue weighted by Crippen LogP contribution is -2.45. The summed E-state index contributed by atoms with van der Waals surface area (Å²) in [4.78, 5) is 29.0. The van der Waals surface area contributed by atoms with Crippen LogP contribution in [0.4, 0.5) is 0 Å². The highest BCUT2D eigenvalue weighted by molar-refractivity contribution is 7.15. The van der Waals surface area contributed by atoms with Gasteiger partial charge in [-0.3, -0.25) is 9.59 Å². The summed E-state index contributed by atoms with van der Waals surface area (Å²) in [5.74, 6) is 1.20. The maximum atomic E-state index is 12.9. The van der Waals surface area contributed by atoms with Crippen molar-refractivity contribution < 1.29 is 14.3 Å². The maximum absolute atomic E-state index is 12.9. The molecule has 1 aliphatic heterocycles. The van der Waals surface area contributed by atoms with E-state index in [0.29, 0.717) is 36.9 Å². The Morgan fingerprint density at radius 3 is 2.73 bits per heavy atom. The number of hydrogen-bond donors (Lipinski definition) is 0. The SMILES string of the molecule is CCN(CC1COc2ccccc2O1)C(=O)Cn1nc(-c2ccc(C)s2)ccc1=O. The Balaban J connectivity index is 1.45. The van der Waals surface area contributed by atoms with Gasteiger partial charge in [-0.05, 0) is 44.2 Å². The summed E-state index contributed by atoms with van der Waals surface area (Å²) >= 11 is 1.60. The number of carbonyl (C=O) groups is 1. The molecule has 0 fully saturated rings. The fourth-order valence-electron chi connectivity index (χ4n) is 3.30. The zero-order valence-corrected chi connectivity index (χ0v) is 17.7. The number of para-hydroxylation sites is 2. The van der Waals surface area contributed by atoms with Crippen LogP contribution in [0.5, 0.6) is 11.5 Å². The second kappa shape index (κ2) is 8.71. The third-order valence-electron chi connectivity index (χ3n) is 4.87. The van der Waals surface area contributed by atoms with Crippen molar-refractivity contribution in [3.05, 3.63) is 63.8 Å². The quantitative estimate of drug-likeness (QED) is 0.607. The van der Waals surface area contributed by atoms with Gasteiger partial charge < -0.3 is 14.4 Å². The van der Waals surface area contributed by atoms with E-state index in [1.54, 1.807) is 22.3 Å². The van der Waals surface area contributed by atoms with Crippen LogP contribution in [0.3, 0.4) is 0 Å². The van der Waals surface area contributed by atoms with Gasteiger partial charge in [0.2, 0.25) is 5.91 Å². The Labute approximate surface area is 178 Å². The van der Waals surface area contributed by atoms with Gasteiger partial charge in [-0.1, -0.05) is 12.1 Å². The highest BCUT2D eigenvalue weighted by Gasteiger charge is 2.25. The van der Waals surface area contributed by atoms with Gasteiger partial charge in [-0.15, -0.1) is 11.3 Å². The molecule has 1 aromatic carbocycles. The second-order valence-corrected chi connectivity index (χ2v) is 8.34. The van der Waals surface area contributed by atoms with Crippen LogP contribution in [0.15, 0.2) is 53.3 Å². The van der Waals surface area contributed by atoms with Crippen LogP contribution in [0.2, 0.25) is 0 Å². The zero-order valence-electron chi connectivity index (χ0n) is 16.9. The molecule has 0 saturated carbocycles. The van der Waals surface area contributed by atoms with E-state index in [4.69, 9.17) is 9.47 Å². The topological polar surface area (TPSA) is 73.7 Å². The molecule has 0 N–H and O–H groups in total. The number of aromatic nitrogens is 2. The van der Waals surface area contributed by atoms with Crippen molar-refractivity contribution in [3.63, 3.8) is 0 Å². The molecule has 3 heterocycles. The number of amides is 1. The van der Waals surface area contributed by atoms with E-state index in [-0.39, 0.29) is 24.1 Å². The third kappa shape index (κ3) is 4.38. The van der Waals surface area contributed by atoms with E-state index in [1.807, 2.05) is 50.2 Å². The number of ether oxygens (including phenoxy) is 2. The number of nitrogens with zero attached hydrogens (tertiary/aromatic N) is 3. The van der Waals surface area contributed by atoms with E-state index in [9.17, 15) is 9.59 Å². The molecule has 1 atom stereocenters. The molecule has 0 saturated heterocycles. The first-order valence-electron chi connectivity index (χ1n) is 9.84.